The number of rotatable bonds is 8. The minimum Gasteiger partial charge on any atom is -0.476 e. The van der Waals surface area contributed by atoms with E-state index in [0.29, 0.717) is 11.8 Å². The number of halogens is 4. The summed E-state index contributed by atoms with van der Waals surface area (Å²) in [6.07, 6.45) is -2.37. The first-order chi connectivity index (χ1) is 14.0. The highest BCUT2D eigenvalue weighted by Crippen LogP contribution is 2.33. The van der Waals surface area contributed by atoms with E-state index >= 15 is 0 Å². The number of anilines is 1. The van der Waals surface area contributed by atoms with Crippen molar-refractivity contribution in [3.8, 4) is 5.88 Å². The molecule has 162 valence electrons. The maximum absolute atomic E-state index is 12.7. The molecule has 1 N–H and O–H groups in total. The molecule has 1 amide bonds. The van der Waals surface area contributed by atoms with Gasteiger partial charge < -0.3 is 10.1 Å². The Hall–Kier alpha value is -2.68. The molecule has 0 unspecified atom stereocenters. The number of nitrogens with zero attached hydrogens (tertiary/aromatic N) is 2. The second-order valence-corrected chi connectivity index (χ2v) is 7.53. The quantitative estimate of drug-likeness (QED) is 0.578. The molecule has 6 nitrogen and oxygen atoms in total. The number of pyridine rings is 2. The number of hydrogen-bond donors (Lipinski definition) is 1. The molecule has 2 aromatic heterocycles. The Kier molecular flexibility index (Phi) is 7.77. The molecule has 1 atom stereocenters. The summed E-state index contributed by atoms with van der Waals surface area (Å²) in [5.41, 5.74) is -0.595. The standard InChI is InChI=1S/C20H21ClF3N3O3/c1-11(2)18(29)27-17-7-13(4-5-25-17)16(28)6-12(3)10-30-19-15(21)8-14(9-26-19)20(22,23)24/h4-5,7-9,11-12H,6,10H2,1-3H3,(H,25,27,29)/t12-/m0/s1. The molecule has 0 aliphatic carbocycles. The minimum atomic E-state index is -4.55. The Bertz CT molecular complexity index is 920. The van der Waals surface area contributed by atoms with Gasteiger partial charge >= 0.3 is 6.18 Å². The molecule has 0 spiro atoms. The van der Waals surface area contributed by atoms with Crippen molar-refractivity contribution < 1.29 is 27.5 Å². The fraction of sp³-hybridized carbons (Fsp3) is 0.400. The summed E-state index contributed by atoms with van der Waals surface area (Å²) >= 11 is 5.81. The van der Waals surface area contributed by atoms with E-state index in [9.17, 15) is 22.8 Å². The smallest absolute Gasteiger partial charge is 0.417 e. The number of hydrogen-bond acceptors (Lipinski definition) is 5. The van der Waals surface area contributed by atoms with E-state index < -0.39 is 11.7 Å². The highest BCUT2D eigenvalue weighted by molar-refractivity contribution is 6.31. The van der Waals surface area contributed by atoms with Crippen LogP contribution < -0.4 is 10.1 Å². The first-order valence-electron chi connectivity index (χ1n) is 9.13. The number of aromatic nitrogens is 2. The summed E-state index contributed by atoms with van der Waals surface area (Å²) in [6.45, 7) is 5.26. The van der Waals surface area contributed by atoms with Crippen molar-refractivity contribution in [2.45, 2.75) is 33.4 Å². The fourth-order valence-corrected chi connectivity index (χ4v) is 2.56. The topological polar surface area (TPSA) is 81.2 Å². The van der Waals surface area contributed by atoms with Gasteiger partial charge in [-0.15, -0.1) is 0 Å². The Balaban J connectivity index is 1.94. The molecular weight excluding hydrogens is 423 g/mol. The predicted molar refractivity (Wildman–Crippen MR) is 106 cm³/mol. The Morgan fingerprint density at radius 3 is 2.50 bits per heavy atom. The van der Waals surface area contributed by atoms with Crippen LogP contribution in [0.25, 0.3) is 0 Å². The molecule has 0 bridgehead atoms. The maximum atomic E-state index is 12.7. The average Bonchev–Trinajstić information content (AvgIpc) is 2.66. The van der Waals surface area contributed by atoms with E-state index in [0.717, 1.165) is 6.07 Å². The number of alkyl halides is 3. The van der Waals surface area contributed by atoms with Crippen LogP contribution in [0.5, 0.6) is 5.88 Å². The largest absolute Gasteiger partial charge is 0.476 e. The monoisotopic (exact) mass is 443 g/mol. The van der Waals surface area contributed by atoms with Crippen LogP contribution in [0.4, 0.5) is 19.0 Å². The molecule has 2 heterocycles. The van der Waals surface area contributed by atoms with Crippen molar-refractivity contribution >= 4 is 29.1 Å². The van der Waals surface area contributed by atoms with Gasteiger partial charge in [-0.25, -0.2) is 9.97 Å². The molecule has 0 aliphatic rings. The fourth-order valence-electron chi connectivity index (χ4n) is 2.34. The molecule has 0 aliphatic heterocycles. The van der Waals surface area contributed by atoms with Crippen LogP contribution in [-0.4, -0.2) is 28.3 Å². The first-order valence-corrected chi connectivity index (χ1v) is 9.50. The van der Waals surface area contributed by atoms with Crippen LogP contribution in [0.2, 0.25) is 5.02 Å². The third-order valence-electron chi connectivity index (χ3n) is 4.03. The number of nitrogens with one attached hydrogen (secondary N) is 1. The van der Waals surface area contributed by atoms with Crippen molar-refractivity contribution in [2.75, 3.05) is 11.9 Å². The molecule has 30 heavy (non-hydrogen) atoms. The Morgan fingerprint density at radius 2 is 1.90 bits per heavy atom. The summed E-state index contributed by atoms with van der Waals surface area (Å²) in [5.74, 6) is -0.751. The lowest BCUT2D eigenvalue weighted by Gasteiger charge is -2.14. The van der Waals surface area contributed by atoms with E-state index in [1.54, 1.807) is 20.8 Å². The molecule has 0 saturated carbocycles. The van der Waals surface area contributed by atoms with Gasteiger partial charge in [0.25, 0.3) is 0 Å². The van der Waals surface area contributed by atoms with Crippen LogP contribution in [0.15, 0.2) is 30.6 Å². The second-order valence-electron chi connectivity index (χ2n) is 7.13. The van der Waals surface area contributed by atoms with Crippen molar-refractivity contribution in [3.05, 3.63) is 46.7 Å². The predicted octanol–water partition coefficient (Wildman–Crippen LogP) is 5.03. The third kappa shape index (κ3) is 6.69. The van der Waals surface area contributed by atoms with Gasteiger partial charge in [-0.2, -0.15) is 13.2 Å². The van der Waals surface area contributed by atoms with Gasteiger partial charge in [0.15, 0.2) is 5.78 Å². The zero-order valence-electron chi connectivity index (χ0n) is 16.6. The minimum absolute atomic E-state index is 0.0336. The average molecular weight is 444 g/mol. The summed E-state index contributed by atoms with van der Waals surface area (Å²) in [5, 5.41) is 2.37. The third-order valence-corrected chi connectivity index (χ3v) is 4.30. The van der Waals surface area contributed by atoms with E-state index in [1.807, 2.05) is 0 Å². The van der Waals surface area contributed by atoms with E-state index in [1.165, 1.54) is 18.3 Å². The molecule has 0 saturated heterocycles. The lowest BCUT2D eigenvalue weighted by Crippen LogP contribution is -2.19. The van der Waals surface area contributed by atoms with E-state index in [4.69, 9.17) is 16.3 Å². The number of ether oxygens (including phenoxy) is 1. The van der Waals surface area contributed by atoms with Crippen LogP contribution in [-0.2, 0) is 11.0 Å². The zero-order valence-corrected chi connectivity index (χ0v) is 17.3. The van der Waals surface area contributed by atoms with Gasteiger partial charge in [0.1, 0.15) is 10.8 Å². The first kappa shape index (κ1) is 23.6. The summed E-state index contributed by atoms with van der Waals surface area (Å²) in [6, 6.07) is 3.77. The lowest BCUT2D eigenvalue weighted by molar-refractivity contribution is -0.137. The Labute approximate surface area is 176 Å². The van der Waals surface area contributed by atoms with Crippen molar-refractivity contribution in [1.29, 1.82) is 0 Å². The van der Waals surface area contributed by atoms with Gasteiger partial charge in [0.2, 0.25) is 11.8 Å². The summed E-state index contributed by atoms with van der Waals surface area (Å²) < 4.78 is 43.3. The second kappa shape index (κ2) is 9.88. The van der Waals surface area contributed by atoms with Gasteiger partial charge in [-0.3, -0.25) is 9.59 Å². The zero-order chi connectivity index (χ0) is 22.5. The molecule has 2 aromatic rings. The molecule has 0 radical (unpaired) electrons. The van der Waals surface area contributed by atoms with Gasteiger partial charge in [-0.05, 0) is 24.1 Å². The summed E-state index contributed by atoms with van der Waals surface area (Å²) in [7, 11) is 0. The maximum Gasteiger partial charge on any atom is 0.417 e. The SMILES string of the molecule is CC(C)C(=O)Nc1cc(C(=O)C[C@H](C)COc2ncc(C(F)(F)F)cc2Cl)ccn1. The number of amides is 1. The van der Waals surface area contributed by atoms with Gasteiger partial charge in [0, 0.05) is 30.3 Å². The number of Topliss-reactive ketones (excluding diaryl/α,β-unsaturated/α-hetero) is 1. The lowest BCUT2D eigenvalue weighted by atomic mass is 10.0. The highest BCUT2D eigenvalue weighted by atomic mass is 35.5. The van der Waals surface area contributed by atoms with Crippen molar-refractivity contribution in [3.63, 3.8) is 0 Å². The molecule has 0 fully saturated rings. The van der Waals surface area contributed by atoms with Crippen LogP contribution in [0, 0.1) is 11.8 Å². The van der Waals surface area contributed by atoms with E-state index in [-0.39, 0.29) is 53.3 Å². The molecular formula is C20H21ClF3N3O3. The molecule has 10 heteroatoms. The van der Waals surface area contributed by atoms with Crippen molar-refractivity contribution in [1.82, 2.24) is 9.97 Å². The highest BCUT2D eigenvalue weighted by Gasteiger charge is 2.31. The number of carbonyl (C=O) groups is 2. The summed E-state index contributed by atoms with van der Waals surface area (Å²) in [4.78, 5) is 31.9. The molecule has 2 rings (SSSR count). The van der Waals surface area contributed by atoms with Crippen LogP contribution in [0.1, 0.15) is 43.1 Å². The Morgan fingerprint density at radius 1 is 1.20 bits per heavy atom. The van der Waals surface area contributed by atoms with Crippen LogP contribution >= 0.6 is 11.6 Å². The molecule has 0 aromatic carbocycles. The van der Waals surface area contributed by atoms with Gasteiger partial charge in [0.05, 0.1) is 12.2 Å². The number of carbonyl (C=O) groups excluding carboxylic acids is 2. The van der Waals surface area contributed by atoms with Crippen molar-refractivity contribution in [2.24, 2.45) is 11.8 Å². The van der Waals surface area contributed by atoms with Gasteiger partial charge in [-0.1, -0.05) is 32.4 Å². The number of ketones is 1. The normalized spacial score (nSPS) is 12.5. The van der Waals surface area contributed by atoms with E-state index in [2.05, 4.69) is 15.3 Å². The van der Waals surface area contributed by atoms with Crippen LogP contribution in [0.3, 0.4) is 0 Å².